The van der Waals surface area contributed by atoms with E-state index in [1.165, 1.54) is 5.56 Å². The lowest BCUT2D eigenvalue weighted by Crippen LogP contribution is -2.19. The zero-order valence-corrected chi connectivity index (χ0v) is 13.1. The van der Waals surface area contributed by atoms with Crippen molar-refractivity contribution < 1.29 is 4.79 Å². The zero-order valence-electron chi connectivity index (χ0n) is 13.1. The van der Waals surface area contributed by atoms with Crippen LogP contribution in [0, 0.1) is 0 Å². The van der Waals surface area contributed by atoms with E-state index in [4.69, 9.17) is 0 Å². The first-order valence-corrected chi connectivity index (χ1v) is 7.69. The molecule has 0 radical (unpaired) electrons. The lowest BCUT2D eigenvalue weighted by molar-refractivity contribution is 0.103. The summed E-state index contributed by atoms with van der Waals surface area (Å²) in [7, 11) is 2.02. The molecule has 0 atom stereocenters. The Labute approximate surface area is 137 Å². The van der Waals surface area contributed by atoms with Gasteiger partial charge in [-0.15, -0.1) is 0 Å². The van der Waals surface area contributed by atoms with Crippen molar-refractivity contribution in [2.24, 2.45) is 0 Å². The van der Waals surface area contributed by atoms with E-state index in [2.05, 4.69) is 17.0 Å². The number of nitrogens with zero attached hydrogens (tertiary/aromatic N) is 1. The molecule has 0 saturated heterocycles. The summed E-state index contributed by atoms with van der Waals surface area (Å²) in [6, 6.07) is 27.5. The van der Waals surface area contributed by atoms with Gasteiger partial charge in [-0.25, -0.2) is 0 Å². The van der Waals surface area contributed by atoms with E-state index >= 15 is 0 Å². The minimum atomic E-state index is 0.0566. The van der Waals surface area contributed by atoms with E-state index in [9.17, 15) is 4.79 Å². The van der Waals surface area contributed by atoms with Crippen LogP contribution < -0.4 is 4.90 Å². The first-order valence-electron chi connectivity index (χ1n) is 7.69. The van der Waals surface area contributed by atoms with Crippen LogP contribution in [0.25, 0.3) is 0 Å². The molecule has 0 aliphatic rings. The van der Waals surface area contributed by atoms with Gasteiger partial charge in [0.15, 0.2) is 5.78 Å². The number of rotatable bonds is 5. The molecular weight excluding hydrogens is 282 g/mol. The minimum Gasteiger partial charge on any atom is -0.370 e. The lowest BCUT2D eigenvalue weighted by Gasteiger charge is -2.22. The van der Waals surface area contributed by atoms with Crippen molar-refractivity contribution in [3.63, 3.8) is 0 Å². The molecule has 0 spiro atoms. The van der Waals surface area contributed by atoms with Gasteiger partial charge in [-0.3, -0.25) is 4.79 Å². The molecule has 23 heavy (non-hydrogen) atoms. The molecule has 0 aromatic heterocycles. The van der Waals surface area contributed by atoms with Crippen molar-refractivity contribution in [3.05, 3.63) is 102 Å². The Kier molecular flexibility index (Phi) is 4.53. The van der Waals surface area contributed by atoms with E-state index < -0.39 is 0 Å². The molecule has 2 heteroatoms. The summed E-state index contributed by atoms with van der Waals surface area (Å²) in [6.45, 7) is 0.764. The second kappa shape index (κ2) is 6.93. The molecule has 0 N–H and O–H groups in total. The summed E-state index contributed by atoms with van der Waals surface area (Å²) in [4.78, 5) is 14.9. The van der Waals surface area contributed by atoms with Crippen LogP contribution in [0.4, 0.5) is 5.69 Å². The minimum absolute atomic E-state index is 0.0566. The highest BCUT2D eigenvalue weighted by molar-refractivity contribution is 6.12. The normalized spacial score (nSPS) is 10.3. The quantitative estimate of drug-likeness (QED) is 0.644. The van der Waals surface area contributed by atoms with E-state index in [-0.39, 0.29) is 5.78 Å². The van der Waals surface area contributed by atoms with Crippen LogP contribution in [-0.2, 0) is 6.54 Å². The van der Waals surface area contributed by atoms with Gasteiger partial charge in [-0.1, -0.05) is 72.8 Å². The number of para-hydroxylation sites is 1. The smallest absolute Gasteiger partial charge is 0.195 e. The van der Waals surface area contributed by atoms with Gasteiger partial charge in [0.25, 0.3) is 0 Å². The van der Waals surface area contributed by atoms with Crippen molar-refractivity contribution >= 4 is 11.5 Å². The maximum Gasteiger partial charge on any atom is 0.195 e. The first kappa shape index (κ1) is 15.0. The summed E-state index contributed by atoms with van der Waals surface area (Å²) in [6.07, 6.45) is 0. The predicted octanol–water partition coefficient (Wildman–Crippen LogP) is 4.55. The van der Waals surface area contributed by atoms with Crippen molar-refractivity contribution in [2.45, 2.75) is 6.54 Å². The highest BCUT2D eigenvalue weighted by Gasteiger charge is 2.15. The van der Waals surface area contributed by atoms with Crippen molar-refractivity contribution in [1.29, 1.82) is 0 Å². The Morgan fingerprint density at radius 2 is 1.35 bits per heavy atom. The Bertz CT molecular complexity index is 781. The molecule has 0 aliphatic carbocycles. The number of carbonyl (C=O) groups is 1. The molecule has 3 aromatic rings. The molecule has 0 saturated carbocycles. The van der Waals surface area contributed by atoms with Crippen LogP contribution >= 0.6 is 0 Å². The second-order valence-corrected chi connectivity index (χ2v) is 5.55. The fraction of sp³-hybridized carbons (Fsp3) is 0.0952. The van der Waals surface area contributed by atoms with Crippen LogP contribution in [-0.4, -0.2) is 12.8 Å². The molecule has 0 heterocycles. The number of benzene rings is 3. The van der Waals surface area contributed by atoms with Gasteiger partial charge in [-0.05, 0) is 17.7 Å². The second-order valence-electron chi connectivity index (χ2n) is 5.55. The number of carbonyl (C=O) groups excluding carboxylic acids is 1. The van der Waals surface area contributed by atoms with Gasteiger partial charge >= 0.3 is 0 Å². The summed E-state index contributed by atoms with van der Waals surface area (Å²) < 4.78 is 0. The Morgan fingerprint density at radius 3 is 2.04 bits per heavy atom. The molecule has 0 bridgehead atoms. The molecule has 0 fully saturated rings. The van der Waals surface area contributed by atoms with Gasteiger partial charge in [0.05, 0.1) is 0 Å². The number of anilines is 1. The number of hydrogen-bond donors (Lipinski definition) is 0. The van der Waals surface area contributed by atoms with Gasteiger partial charge in [0.1, 0.15) is 0 Å². The number of hydrogen-bond acceptors (Lipinski definition) is 2. The SMILES string of the molecule is CN(Cc1ccccc1)c1ccccc1C(=O)c1ccccc1. The third-order valence-corrected chi connectivity index (χ3v) is 3.86. The Balaban J connectivity index is 1.90. The third-order valence-electron chi connectivity index (χ3n) is 3.86. The molecular formula is C21H19NO. The standard InChI is InChI=1S/C21H19NO/c1-22(16-17-10-4-2-5-11-17)20-15-9-8-14-19(20)21(23)18-12-6-3-7-13-18/h2-15H,16H2,1H3. The zero-order chi connectivity index (χ0) is 16.1. The number of ketones is 1. The van der Waals surface area contributed by atoms with Gasteiger partial charge in [0.2, 0.25) is 0 Å². The maximum atomic E-state index is 12.8. The molecule has 0 unspecified atom stereocenters. The molecule has 2 nitrogen and oxygen atoms in total. The van der Waals surface area contributed by atoms with Crippen molar-refractivity contribution in [2.75, 3.05) is 11.9 Å². The summed E-state index contributed by atoms with van der Waals surface area (Å²) in [5.74, 6) is 0.0566. The molecule has 3 rings (SSSR count). The molecule has 3 aromatic carbocycles. The van der Waals surface area contributed by atoms with Crippen LogP contribution in [0.15, 0.2) is 84.9 Å². The molecule has 114 valence electrons. The van der Waals surface area contributed by atoms with E-state index in [1.54, 1.807) is 0 Å². The monoisotopic (exact) mass is 301 g/mol. The van der Waals surface area contributed by atoms with Gasteiger partial charge in [0, 0.05) is 30.4 Å². The lowest BCUT2D eigenvalue weighted by atomic mass is 10.0. The molecule has 0 aliphatic heterocycles. The van der Waals surface area contributed by atoms with Crippen LogP contribution in [0.3, 0.4) is 0 Å². The van der Waals surface area contributed by atoms with Gasteiger partial charge < -0.3 is 4.90 Å². The Hall–Kier alpha value is -2.87. The van der Waals surface area contributed by atoms with E-state index in [0.29, 0.717) is 5.56 Å². The van der Waals surface area contributed by atoms with Crippen LogP contribution in [0.1, 0.15) is 21.5 Å². The van der Waals surface area contributed by atoms with Crippen LogP contribution in [0.5, 0.6) is 0 Å². The van der Waals surface area contributed by atoms with Crippen LogP contribution in [0.2, 0.25) is 0 Å². The summed E-state index contributed by atoms with van der Waals surface area (Å²) in [5.41, 5.74) is 3.62. The topological polar surface area (TPSA) is 20.3 Å². The highest BCUT2D eigenvalue weighted by Crippen LogP contribution is 2.23. The van der Waals surface area contributed by atoms with Crippen molar-refractivity contribution in [3.8, 4) is 0 Å². The molecule has 0 amide bonds. The summed E-state index contributed by atoms with van der Waals surface area (Å²) >= 11 is 0. The van der Waals surface area contributed by atoms with Crippen molar-refractivity contribution in [1.82, 2.24) is 0 Å². The fourth-order valence-corrected chi connectivity index (χ4v) is 2.69. The largest absolute Gasteiger partial charge is 0.370 e. The highest BCUT2D eigenvalue weighted by atomic mass is 16.1. The Morgan fingerprint density at radius 1 is 0.783 bits per heavy atom. The first-order chi connectivity index (χ1) is 11.3. The average molecular weight is 301 g/mol. The predicted molar refractivity (Wildman–Crippen MR) is 94.9 cm³/mol. The average Bonchev–Trinajstić information content (AvgIpc) is 2.62. The third kappa shape index (κ3) is 3.49. The van der Waals surface area contributed by atoms with Gasteiger partial charge in [-0.2, -0.15) is 0 Å². The maximum absolute atomic E-state index is 12.8. The van der Waals surface area contributed by atoms with E-state index in [1.807, 2.05) is 79.8 Å². The summed E-state index contributed by atoms with van der Waals surface area (Å²) in [5, 5.41) is 0. The fourth-order valence-electron chi connectivity index (χ4n) is 2.69. The van der Waals surface area contributed by atoms with E-state index in [0.717, 1.165) is 17.8 Å².